The van der Waals surface area contributed by atoms with Gasteiger partial charge in [0.05, 0.1) is 6.04 Å². The number of carbonyl (C=O) groups is 2. The quantitative estimate of drug-likeness (QED) is 0.624. The first-order valence-electron chi connectivity index (χ1n) is 10.8. The van der Waals surface area contributed by atoms with Crippen LogP contribution in [0.3, 0.4) is 0 Å². The molecule has 160 valence electrons. The van der Waals surface area contributed by atoms with Crippen LogP contribution < -0.4 is 0 Å². The van der Waals surface area contributed by atoms with E-state index in [2.05, 4.69) is 18.7 Å². The zero-order valence-corrected chi connectivity index (χ0v) is 17.9. The number of nitrogens with zero attached hydrogens (tertiary/aromatic N) is 2. The second kappa shape index (κ2) is 10.2. The molecule has 6 nitrogen and oxygen atoms in total. The average Bonchev–Trinajstić information content (AvgIpc) is 3.08. The summed E-state index contributed by atoms with van der Waals surface area (Å²) in [6.07, 6.45) is 2.58. The van der Waals surface area contributed by atoms with Crippen molar-refractivity contribution in [2.45, 2.75) is 51.6 Å². The molecule has 4 atom stereocenters. The highest BCUT2D eigenvalue weighted by molar-refractivity contribution is 5.93. The van der Waals surface area contributed by atoms with Crippen LogP contribution in [0, 0.1) is 11.8 Å². The van der Waals surface area contributed by atoms with E-state index in [0.717, 1.165) is 38.1 Å². The van der Waals surface area contributed by atoms with Crippen LogP contribution in [0.4, 0.5) is 4.79 Å². The standard InChI is InChI=1S/C23H34N2O4/c1-17-10-12-24(11-7-13-28-3)21(18(17)2)15-22(26)25-20(16-29-23(25)27)14-19-8-5-4-6-9-19/h4-6,8-9,17-18,20-21H,7,10-16H2,1-3H3/t17-,18+,20+,21+/m1/s1. The highest BCUT2D eigenvalue weighted by Gasteiger charge is 2.41. The van der Waals surface area contributed by atoms with Crippen LogP contribution >= 0.6 is 0 Å². The van der Waals surface area contributed by atoms with Crippen molar-refractivity contribution in [3.63, 3.8) is 0 Å². The SMILES string of the molecule is COCCCN1CC[C@@H](C)[C@H](C)[C@@H]1CC(=O)N1C(=O)OC[C@@H]1Cc1ccccc1. The molecule has 2 saturated heterocycles. The molecule has 0 bridgehead atoms. The molecule has 1 aromatic rings. The first-order valence-corrected chi connectivity index (χ1v) is 10.8. The summed E-state index contributed by atoms with van der Waals surface area (Å²) in [4.78, 5) is 29.4. The van der Waals surface area contributed by atoms with E-state index in [-0.39, 0.29) is 24.6 Å². The number of imide groups is 1. The summed E-state index contributed by atoms with van der Waals surface area (Å²) in [6.45, 7) is 7.39. The van der Waals surface area contributed by atoms with Gasteiger partial charge in [-0.1, -0.05) is 44.2 Å². The summed E-state index contributed by atoms with van der Waals surface area (Å²) in [7, 11) is 1.72. The van der Waals surface area contributed by atoms with Crippen molar-refractivity contribution in [3.8, 4) is 0 Å². The maximum atomic E-state index is 13.2. The number of hydrogen-bond donors (Lipinski definition) is 0. The van der Waals surface area contributed by atoms with Crippen LogP contribution in [0.15, 0.2) is 30.3 Å². The van der Waals surface area contributed by atoms with E-state index in [0.29, 0.717) is 24.7 Å². The van der Waals surface area contributed by atoms with Crippen molar-refractivity contribution in [1.82, 2.24) is 9.80 Å². The molecule has 0 radical (unpaired) electrons. The number of methoxy groups -OCH3 is 1. The molecule has 6 heteroatoms. The Kier molecular flexibility index (Phi) is 7.67. The number of cyclic esters (lactones) is 1. The summed E-state index contributed by atoms with van der Waals surface area (Å²) < 4.78 is 10.5. The molecule has 1 aromatic carbocycles. The Morgan fingerprint density at radius 3 is 2.72 bits per heavy atom. The zero-order valence-electron chi connectivity index (χ0n) is 17.9. The summed E-state index contributed by atoms with van der Waals surface area (Å²) >= 11 is 0. The molecule has 2 aliphatic rings. The molecule has 0 spiro atoms. The molecule has 0 aromatic heterocycles. The number of likely N-dealkylation sites (tertiary alicyclic amines) is 1. The van der Waals surface area contributed by atoms with Gasteiger partial charge < -0.3 is 9.47 Å². The van der Waals surface area contributed by atoms with Gasteiger partial charge in [-0.15, -0.1) is 0 Å². The van der Waals surface area contributed by atoms with E-state index >= 15 is 0 Å². The molecule has 2 fully saturated rings. The average molecular weight is 403 g/mol. The second-order valence-electron chi connectivity index (χ2n) is 8.46. The fraction of sp³-hybridized carbons (Fsp3) is 0.652. The number of ether oxygens (including phenoxy) is 2. The fourth-order valence-corrected chi connectivity index (χ4v) is 4.59. The van der Waals surface area contributed by atoms with E-state index in [1.165, 1.54) is 4.90 Å². The van der Waals surface area contributed by atoms with E-state index in [9.17, 15) is 9.59 Å². The lowest BCUT2D eigenvalue weighted by molar-refractivity contribution is -0.131. The number of carbonyl (C=O) groups excluding carboxylic acids is 2. The Labute approximate surface area is 174 Å². The number of hydrogen-bond acceptors (Lipinski definition) is 5. The Morgan fingerprint density at radius 2 is 2.00 bits per heavy atom. The van der Waals surface area contributed by atoms with Gasteiger partial charge in [0.25, 0.3) is 0 Å². The van der Waals surface area contributed by atoms with Crippen molar-refractivity contribution < 1.29 is 19.1 Å². The van der Waals surface area contributed by atoms with Gasteiger partial charge in [0.2, 0.25) is 5.91 Å². The summed E-state index contributed by atoms with van der Waals surface area (Å²) in [5.41, 5.74) is 1.11. The van der Waals surface area contributed by atoms with Crippen LogP contribution in [0.5, 0.6) is 0 Å². The zero-order chi connectivity index (χ0) is 20.8. The minimum Gasteiger partial charge on any atom is -0.447 e. The predicted octanol–water partition coefficient (Wildman–Crippen LogP) is 3.35. The molecular formula is C23H34N2O4. The molecule has 0 aliphatic carbocycles. The van der Waals surface area contributed by atoms with Crippen LogP contribution in [0.25, 0.3) is 0 Å². The lowest BCUT2D eigenvalue weighted by Gasteiger charge is -2.43. The summed E-state index contributed by atoms with van der Waals surface area (Å²) in [6, 6.07) is 9.88. The molecule has 29 heavy (non-hydrogen) atoms. The molecule has 2 aliphatic heterocycles. The maximum Gasteiger partial charge on any atom is 0.416 e. The Balaban J connectivity index is 1.68. The summed E-state index contributed by atoms with van der Waals surface area (Å²) in [5, 5.41) is 0. The molecule has 0 N–H and O–H groups in total. The van der Waals surface area contributed by atoms with Crippen molar-refractivity contribution in [1.29, 1.82) is 0 Å². The first kappa shape index (κ1) is 21.8. The molecule has 3 rings (SSSR count). The minimum absolute atomic E-state index is 0.115. The Hall–Kier alpha value is -1.92. The lowest BCUT2D eigenvalue weighted by Crippen LogP contribution is -2.51. The van der Waals surface area contributed by atoms with Gasteiger partial charge in [0, 0.05) is 32.7 Å². The monoisotopic (exact) mass is 402 g/mol. The van der Waals surface area contributed by atoms with E-state index < -0.39 is 6.09 Å². The smallest absolute Gasteiger partial charge is 0.416 e. The number of benzene rings is 1. The third-order valence-corrected chi connectivity index (χ3v) is 6.57. The molecule has 0 saturated carbocycles. The van der Waals surface area contributed by atoms with Crippen molar-refractivity contribution >= 4 is 12.0 Å². The highest BCUT2D eigenvalue weighted by atomic mass is 16.6. The Morgan fingerprint density at radius 1 is 1.24 bits per heavy atom. The summed E-state index contributed by atoms with van der Waals surface area (Å²) in [5.74, 6) is 0.856. The molecule has 2 heterocycles. The van der Waals surface area contributed by atoms with Crippen molar-refractivity contribution in [3.05, 3.63) is 35.9 Å². The van der Waals surface area contributed by atoms with E-state index in [4.69, 9.17) is 9.47 Å². The van der Waals surface area contributed by atoms with Gasteiger partial charge in [0.15, 0.2) is 0 Å². The third-order valence-electron chi connectivity index (χ3n) is 6.57. The van der Waals surface area contributed by atoms with E-state index in [1.807, 2.05) is 30.3 Å². The molecule has 0 unspecified atom stereocenters. The van der Waals surface area contributed by atoms with Crippen molar-refractivity contribution in [2.24, 2.45) is 11.8 Å². The molecular weight excluding hydrogens is 368 g/mol. The van der Waals surface area contributed by atoms with Crippen LogP contribution in [-0.2, 0) is 20.7 Å². The van der Waals surface area contributed by atoms with Gasteiger partial charge in [-0.05, 0) is 43.2 Å². The first-order chi connectivity index (χ1) is 14.0. The van der Waals surface area contributed by atoms with Gasteiger partial charge in [0.1, 0.15) is 6.61 Å². The largest absolute Gasteiger partial charge is 0.447 e. The molecule has 2 amide bonds. The minimum atomic E-state index is -0.502. The van der Waals surface area contributed by atoms with Crippen LogP contribution in [-0.4, -0.2) is 67.3 Å². The third kappa shape index (κ3) is 5.37. The van der Waals surface area contributed by atoms with Gasteiger partial charge in [-0.25, -0.2) is 9.69 Å². The van der Waals surface area contributed by atoms with Gasteiger partial charge in [-0.2, -0.15) is 0 Å². The number of piperidine rings is 1. The second-order valence-corrected chi connectivity index (χ2v) is 8.46. The van der Waals surface area contributed by atoms with Crippen LogP contribution in [0.1, 0.15) is 38.7 Å². The van der Waals surface area contributed by atoms with Crippen molar-refractivity contribution in [2.75, 3.05) is 33.4 Å². The lowest BCUT2D eigenvalue weighted by atomic mass is 9.80. The fourth-order valence-electron chi connectivity index (χ4n) is 4.59. The number of rotatable bonds is 8. The highest BCUT2D eigenvalue weighted by Crippen LogP contribution is 2.32. The predicted molar refractivity (Wildman–Crippen MR) is 112 cm³/mol. The Bertz CT molecular complexity index is 681. The normalized spacial score (nSPS) is 27.8. The number of amides is 2. The van der Waals surface area contributed by atoms with E-state index in [1.54, 1.807) is 7.11 Å². The maximum absolute atomic E-state index is 13.2. The van der Waals surface area contributed by atoms with Gasteiger partial charge >= 0.3 is 6.09 Å². The topological polar surface area (TPSA) is 59.1 Å². The van der Waals surface area contributed by atoms with Crippen LogP contribution in [0.2, 0.25) is 0 Å². The van der Waals surface area contributed by atoms with Gasteiger partial charge in [-0.3, -0.25) is 9.69 Å².